The minimum absolute atomic E-state index is 0.222. The normalized spacial score (nSPS) is 11.9. The molecule has 0 saturated carbocycles. The molecule has 26 heavy (non-hydrogen) atoms. The predicted octanol–water partition coefficient (Wildman–Crippen LogP) is 3.95. The van der Waals surface area contributed by atoms with Crippen LogP contribution in [-0.4, -0.2) is 17.7 Å². The SMILES string of the molecule is O=C(Nc1ccc(Nc2ccc3c(c2)OCO3)nc1)c1ccc(F)cc1. The van der Waals surface area contributed by atoms with Crippen LogP contribution in [0.2, 0.25) is 0 Å². The highest BCUT2D eigenvalue weighted by molar-refractivity contribution is 6.04. The Labute approximate surface area is 148 Å². The molecule has 1 aliphatic rings. The molecule has 130 valence electrons. The zero-order valence-corrected chi connectivity index (χ0v) is 13.5. The topological polar surface area (TPSA) is 72.5 Å². The Kier molecular flexibility index (Phi) is 4.10. The summed E-state index contributed by atoms with van der Waals surface area (Å²) in [6.45, 7) is 0.222. The highest BCUT2D eigenvalue weighted by Gasteiger charge is 2.13. The lowest BCUT2D eigenvalue weighted by Gasteiger charge is -2.08. The second-order valence-corrected chi connectivity index (χ2v) is 5.59. The number of fused-ring (bicyclic) bond motifs is 1. The molecule has 6 nitrogen and oxygen atoms in total. The van der Waals surface area contributed by atoms with Crippen LogP contribution in [-0.2, 0) is 0 Å². The molecule has 2 heterocycles. The predicted molar refractivity (Wildman–Crippen MR) is 94.4 cm³/mol. The number of anilines is 3. The molecule has 1 aliphatic heterocycles. The molecule has 1 amide bonds. The number of hydrogen-bond acceptors (Lipinski definition) is 5. The van der Waals surface area contributed by atoms with Crippen LogP contribution in [0.1, 0.15) is 10.4 Å². The molecule has 3 aromatic rings. The molecule has 4 rings (SSSR count). The van der Waals surface area contributed by atoms with Crippen molar-refractivity contribution in [3.8, 4) is 11.5 Å². The first-order valence-corrected chi connectivity index (χ1v) is 7.87. The van der Waals surface area contributed by atoms with E-state index in [1.807, 2.05) is 18.2 Å². The summed E-state index contributed by atoms with van der Waals surface area (Å²) < 4.78 is 23.5. The smallest absolute Gasteiger partial charge is 0.255 e. The third-order valence-corrected chi connectivity index (χ3v) is 3.77. The monoisotopic (exact) mass is 351 g/mol. The second-order valence-electron chi connectivity index (χ2n) is 5.59. The number of carbonyl (C=O) groups is 1. The Bertz CT molecular complexity index is 943. The Morgan fingerprint density at radius 1 is 0.962 bits per heavy atom. The lowest BCUT2D eigenvalue weighted by atomic mass is 10.2. The maximum Gasteiger partial charge on any atom is 0.255 e. The lowest BCUT2D eigenvalue weighted by molar-refractivity contribution is 0.102. The third kappa shape index (κ3) is 3.41. The first kappa shape index (κ1) is 15.9. The highest BCUT2D eigenvalue weighted by atomic mass is 19.1. The van der Waals surface area contributed by atoms with Crippen LogP contribution in [0.25, 0.3) is 0 Å². The summed E-state index contributed by atoms with van der Waals surface area (Å²) in [6, 6.07) is 14.3. The Hall–Kier alpha value is -3.61. The molecule has 2 aromatic carbocycles. The average molecular weight is 351 g/mol. The number of ether oxygens (including phenoxy) is 2. The van der Waals surface area contributed by atoms with Crippen molar-refractivity contribution >= 4 is 23.1 Å². The van der Waals surface area contributed by atoms with Crippen molar-refractivity contribution in [2.24, 2.45) is 0 Å². The number of aromatic nitrogens is 1. The van der Waals surface area contributed by atoms with E-state index < -0.39 is 0 Å². The highest BCUT2D eigenvalue weighted by Crippen LogP contribution is 2.34. The zero-order valence-electron chi connectivity index (χ0n) is 13.5. The average Bonchev–Trinajstić information content (AvgIpc) is 3.12. The van der Waals surface area contributed by atoms with Crippen LogP contribution in [0.3, 0.4) is 0 Å². The van der Waals surface area contributed by atoms with Gasteiger partial charge in [-0.2, -0.15) is 0 Å². The maximum absolute atomic E-state index is 12.9. The minimum atomic E-state index is -0.387. The van der Waals surface area contributed by atoms with Crippen molar-refractivity contribution in [1.82, 2.24) is 4.98 Å². The number of amides is 1. The van der Waals surface area contributed by atoms with Crippen molar-refractivity contribution in [3.05, 3.63) is 72.2 Å². The summed E-state index contributed by atoms with van der Waals surface area (Å²) >= 11 is 0. The summed E-state index contributed by atoms with van der Waals surface area (Å²) in [5, 5.41) is 5.87. The van der Waals surface area contributed by atoms with E-state index in [0.29, 0.717) is 28.6 Å². The third-order valence-electron chi connectivity index (χ3n) is 3.77. The van der Waals surface area contributed by atoms with Gasteiger partial charge in [0.05, 0.1) is 11.9 Å². The van der Waals surface area contributed by atoms with Gasteiger partial charge in [-0.05, 0) is 48.5 Å². The van der Waals surface area contributed by atoms with Crippen LogP contribution < -0.4 is 20.1 Å². The van der Waals surface area contributed by atoms with Gasteiger partial charge in [-0.15, -0.1) is 0 Å². The number of carbonyl (C=O) groups excluding carboxylic acids is 1. The van der Waals surface area contributed by atoms with Crippen LogP contribution in [0.4, 0.5) is 21.6 Å². The Morgan fingerprint density at radius 2 is 1.73 bits per heavy atom. The fourth-order valence-electron chi connectivity index (χ4n) is 2.47. The summed E-state index contributed by atoms with van der Waals surface area (Å²) in [4.78, 5) is 16.4. The fraction of sp³-hybridized carbons (Fsp3) is 0.0526. The molecule has 0 unspecified atom stereocenters. The van der Waals surface area contributed by atoms with E-state index in [4.69, 9.17) is 9.47 Å². The maximum atomic E-state index is 12.9. The summed E-state index contributed by atoms with van der Waals surface area (Å²) in [7, 11) is 0. The number of halogens is 1. The first-order valence-electron chi connectivity index (χ1n) is 7.87. The molecule has 1 aromatic heterocycles. The largest absolute Gasteiger partial charge is 0.454 e. The molecule has 7 heteroatoms. The van der Waals surface area contributed by atoms with Crippen LogP contribution in [0.15, 0.2) is 60.8 Å². The van der Waals surface area contributed by atoms with Gasteiger partial charge in [0, 0.05) is 17.3 Å². The van der Waals surface area contributed by atoms with Gasteiger partial charge in [0.15, 0.2) is 11.5 Å². The van der Waals surface area contributed by atoms with Crippen molar-refractivity contribution in [3.63, 3.8) is 0 Å². The molecule has 0 atom stereocenters. The van der Waals surface area contributed by atoms with E-state index in [-0.39, 0.29) is 18.5 Å². The van der Waals surface area contributed by atoms with Gasteiger partial charge < -0.3 is 20.1 Å². The van der Waals surface area contributed by atoms with E-state index >= 15 is 0 Å². The molecule has 0 spiro atoms. The second kappa shape index (κ2) is 6.72. The summed E-state index contributed by atoms with van der Waals surface area (Å²) in [5.41, 5.74) is 1.72. The van der Waals surface area contributed by atoms with E-state index in [1.54, 1.807) is 12.1 Å². The molecule has 0 fully saturated rings. The van der Waals surface area contributed by atoms with E-state index in [9.17, 15) is 9.18 Å². The van der Waals surface area contributed by atoms with Crippen molar-refractivity contribution < 1.29 is 18.7 Å². The number of nitrogens with zero attached hydrogens (tertiary/aromatic N) is 1. The Morgan fingerprint density at radius 3 is 2.50 bits per heavy atom. The summed E-state index contributed by atoms with van der Waals surface area (Å²) in [6.07, 6.45) is 1.54. The molecule has 0 bridgehead atoms. The molecular formula is C19H14FN3O3. The number of hydrogen-bond donors (Lipinski definition) is 2. The van der Waals surface area contributed by atoms with Crippen molar-refractivity contribution in [2.45, 2.75) is 0 Å². The number of benzene rings is 2. The standard InChI is InChI=1S/C19H14FN3O3/c20-13-3-1-12(2-4-13)19(24)23-15-6-8-18(21-10-15)22-14-5-7-16-17(9-14)26-11-25-16/h1-10H,11H2,(H,21,22)(H,23,24). The van der Waals surface area contributed by atoms with E-state index in [2.05, 4.69) is 15.6 Å². The van der Waals surface area contributed by atoms with Gasteiger partial charge in [0.25, 0.3) is 5.91 Å². The van der Waals surface area contributed by atoms with Gasteiger partial charge in [-0.3, -0.25) is 4.79 Å². The van der Waals surface area contributed by atoms with Crippen molar-refractivity contribution in [2.75, 3.05) is 17.4 Å². The molecule has 0 saturated heterocycles. The molecule has 0 radical (unpaired) electrons. The molecule has 2 N–H and O–H groups in total. The number of nitrogens with one attached hydrogen (secondary N) is 2. The Balaban J connectivity index is 1.42. The van der Waals surface area contributed by atoms with E-state index in [1.165, 1.54) is 30.5 Å². The van der Waals surface area contributed by atoms with Gasteiger partial charge in [-0.1, -0.05) is 0 Å². The fourth-order valence-corrected chi connectivity index (χ4v) is 2.47. The minimum Gasteiger partial charge on any atom is -0.454 e. The lowest BCUT2D eigenvalue weighted by Crippen LogP contribution is -2.12. The van der Waals surface area contributed by atoms with E-state index in [0.717, 1.165) is 5.69 Å². The number of rotatable bonds is 4. The molecule has 0 aliphatic carbocycles. The first-order chi connectivity index (χ1) is 12.7. The van der Waals surface area contributed by atoms with Crippen LogP contribution >= 0.6 is 0 Å². The van der Waals surface area contributed by atoms with Gasteiger partial charge in [0.2, 0.25) is 6.79 Å². The zero-order chi connectivity index (χ0) is 17.9. The van der Waals surface area contributed by atoms with Gasteiger partial charge in [-0.25, -0.2) is 9.37 Å². The van der Waals surface area contributed by atoms with Gasteiger partial charge in [0.1, 0.15) is 11.6 Å². The number of pyridine rings is 1. The molecular weight excluding hydrogens is 337 g/mol. The van der Waals surface area contributed by atoms with Crippen molar-refractivity contribution in [1.29, 1.82) is 0 Å². The quantitative estimate of drug-likeness (QED) is 0.745. The van der Waals surface area contributed by atoms with Crippen LogP contribution in [0.5, 0.6) is 11.5 Å². The summed E-state index contributed by atoms with van der Waals surface area (Å²) in [5.74, 6) is 1.29. The van der Waals surface area contributed by atoms with Gasteiger partial charge >= 0.3 is 0 Å². The van der Waals surface area contributed by atoms with Crippen LogP contribution in [0, 0.1) is 5.82 Å².